The molecule has 6 heteroatoms. The van der Waals surface area contributed by atoms with Gasteiger partial charge >= 0.3 is 5.69 Å². The lowest BCUT2D eigenvalue weighted by Gasteiger charge is -2.14. The quantitative estimate of drug-likeness (QED) is 0.524. The maximum absolute atomic E-state index is 13.6. The summed E-state index contributed by atoms with van der Waals surface area (Å²) in [5.74, 6) is -0.373. The molecule has 3 aromatic carbocycles. The average molecular weight is 395 g/mol. The predicted molar refractivity (Wildman–Crippen MR) is 109 cm³/mol. The van der Waals surface area contributed by atoms with E-state index < -0.39 is 5.69 Å². The topological polar surface area (TPSA) is 44.0 Å². The number of hydrogen-bond donors (Lipinski definition) is 0. The first kappa shape index (κ1) is 18.2. The zero-order chi connectivity index (χ0) is 19.7. The van der Waals surface area contributed by atoms with Crippen molar-refractivity contribution in [2.45, 2.75) is 13.1 Å². The second-order valence-corrected chi connectivity index (χ2v) is 6.97. The Morgan fingerprint density at radius 1 is 0.786 bits per heavy atom. The monoisotopic (exact) mass is 394 g/mol. The molecule has 0 aliphatic rings. The van der Waals surface area contributed by atoms with Gasteiger partial charge in [-0.05, 0) is 47.5 Å². The lowest BCUT2D eigenvalue weighted by Crippen LogP contribution is -2.40. The molecule has 0 saturated carbocycles. The maximum Gasteiger partial charge on any atom is 0.332 e. The third-order valence-electron chi connectivity index (χ3n) is 4.59. The Balaban J connectivity index is 1.91. The van der Waals surface area contributed by atoms with Gasteiger partial charge in [-0.3, -0.25) is 13.9 Å². The molecule has 0 aliphatic heterocycles. The first-order valence-electron chi connectivity index (χ1n) is 8.74. The zero-order valence-corrected chi connectivity index (χ0v) is 15.6. The molecule has 4 nitrogen and oxygen atoms in total. The lowest BCUT2D eigenvalue weighted by molar-refractivity contribution is 0.615. The van der Waals surface area contributed by atoms with Crippen molar-refractivity contribution in [3.63, 3.8) is 0 Å². The molecule has 0 unspecified atom stereocenters. The van der Waals surface area contributed by atoms with Crippen LogP contribution in [0.1, 0.15) is 11.1 Å². The number of hydrogen-bond acceptors (Lipinski definition) is 2. The number of nitrogens with zero attached hydrogens (tertiary/aromatic N) is 2. The second kappa shape index (κ2) is 7.44. The highest BCUT2D eigenvalue weighted by molar-refractivity contribution is 6.30. The first-order valence-corrected chi connectivity index (χ1v) is 9.12. The highest BCUT2D eigenvalue weighted by atomic mass is 35.5. The molecule has 0 amide bonds. The number of rotatable bonds is 4. The largest absolute Gasteiger partial charge is 0.332 e. The van der Waals surface area contributed by atoms with Gasteiger partial charge in [0, 0.05) is 5.02 Å². The van der Waals surface area contributed by atoms with Crippen molar-refractivity contribution >= 4 is 22.5 Å². The first-order chi connectivity index (χ1) is 13.5. The highest BCUT2D eigenvalue weighted by Crippen LogP contribution is 2.13. The molecule has 1 heterocycles. The van der Waals surface area contributed by atoms with Crippen LogP contribution in [0.15, 0.2) is 82.4 Å². The van der Waals surface area contributed by atoms with Gasteiger partial charge in [0.2, 0.25) is 0 Å². The fourth-order valence-electron chi connectivity index (χ4n) is 3.30. The molecule has 28 heavy (non-hydrogen) atoms. The van der Waals surface area contributed by atoms with Crippen LogP contribution < -0.4 is 11.2 Å². The molecule has 0 saturated heterocycles. The molecular formula is C22H16ClFN2O2. The minimum Gasteiger partial charge on any atom is -0.289 e. The van der Waals surface area contributed by atoms with Crippen LogP contribution >= 0.6 is 11.6 Å². The molecule has 0 aliphatic carbocycles. The fraction of sp³-hybridized carbons (Fsp3) is 0.0909. The van der Waals surface area contributed by atoms with Gasteiger partial charge in [-0.2, -0.15) is 0 Å². The summed E-state index contributed by atoms with van der Waals surface area (Å²) in [4.78, 5) is 26.1. The number of aromatic nitrogens is 2. The summed E-state index contributed by atoms with van der Waals surface area (Å²) in [7, 11) is 0. The Bertz CT molecular complexity index is 1290. The highest BCUT2D eigenvalue weighted by Gasteiger charge is 2.14. The molecule has 140 valence electrons. The standard InChI is InChI=1S/C22H16ClFN2O2/c23-17-7-3-5-15(11-17)14-26-21(27)19-9-1-2-10-20(19)25(22(26)28)13-16-6-4-8-18(24)12-16/h1-12H,13-14H2. The Hall–Kier alpha value is -3.18. The van der Waals surface area contributed by atoms with Crippen LogP contribution in [0, 0.1) is 5.82 Å². The third-order valence-corrected chi connectivity index (χ3v) is 4.83. The number of halogens is 2. The van der Waals surface area contributed by atoms with Crippen LogP contribution in [0.25, 0.3) is 10.9 Å². The van der Waals surface area contributed by atoms with Gasteiger partial charge in [0.25, 0.3) is 5.56 Å². The summed E-state index contributed by atoms with van der Waals surface area (Å²) in [5.41, 5.74) is 1.09. The van der Waals surface area contributed by atoms with E-state index in [0.29, 0.717) is 21.5 Å². The van der Waals surface area contributed by atoms with Gasteiger partial charge in [0.1, 0.15) is 5.82 Å². The van der Waals surface area contributed by atoms with Gasteiger partial charge in [-0.1, -0.05) is 48.0 Å². The molecule has 0 atom stereocenters. The van der Waals surface area contributed by atoms with E-state index in [4.69, 9.17) is 11.6 Å². The van der Waals surface area contributed by atoms with Crippen molar-refractivity contribution in [2.24, 2.45) is 0 Å². The Labute approximate surface area is 165 Å². The van der Waals surface area contributed by atoms with Crippen LogP contribution in [-0.2, 0) is 13.1 Å². The Kier molecular flexibility index (Phi) is 4.84. The Morgan fingerprint density at radius 3 is 2.21 bits per heavy atom. The van der Waals surface area contributed by atoms with Gasteiger partial charge in [0.15, 0.2) is 0 Å². The summed E-state index contributed by atoms with van der Waals surface area (Å²) < 4.78 is 16.3. The van der Waals surface area contributed by atoms with Gasteiger partial charge in [-0.25, -0.2) is 9.18 Å². The van der Waals surface area contributed by atoms with Crippen molar-refractivity contribution < 1.29 is 4.39 Å². The number of benzene rings is 3. The van der Waals surface area contributed by atoms with Crippen molar-refractivity contribution in [2.75, 3.05) is 0 Å². The van der Waals surface area contributed by atoms with E-state index in [1.165, 1.54) is 21.3 Å². The molecule has 0 radical (unpaired) electrons. The molecule has 4 aromatic rings. The van der Waals surface area contributed by atoms with Crippen LogP contribution in [0.3, 0.4) is 0 Å². The normalized spacial score (nSPS) is 11.1. The smallest absolute Gasteiger partial charge is 0.289 e. The molecular weight excluding hydrogens is 379 g/mol. The fourth-order valence-corrected chi connectivity index (χ4v) is 3.51. The van der Waals surface area contributed by atoms with E-state index in [1.54, 1.807) is 54.6 Å². The summed E-state index contributed by atoms with van der Waals surface area (Å²) in [5, 5.41) is 0.965. The van der Waals surface area contributed by atoms with Gasteiger partial charge in [-0.15, -0.1) is 0 Å². The molecule has 4 rings (SSSR count). The number of fused-ring (bicyclic) bond motifs is 1. The maximum atomic E-state index is 13.6. The Morgan fingerprint density at radius 2 is 1.46 bits per heavy atom. The van der Waals surface area contributed by atoms with E-state index in [-0.39, 0.29) is 24.5 Å². The molecule has 0 fully saturated rings. The van der Waals surface area contributed by atoms with E-state index in [9.17, 15) is 14.0 Å². The van der Waals surface area contributed by atoms with Crippen LogP contribution in [-0.4, -0.2) is 9.13 Å². The zero-order valence-electron chi connectivity index (χ0n) is 14.8. The van der Waals surface area contributed by atoms with E-state index in [1.807, 2.05) is 6.07 Å². The summed E-state index contributed by atoms with van der Waals surface area (Å²) in [6, 6.07) is 20.0. The minimum absolute atomic E-state index is 0.103. The van der Waals surface area contributed by atoms with E-state index in [0.717, 1.165) is 5.56 Å². The predicted octanol–water partition coefficient (Wildman–Crippen LogP) is 4.05. The minimum atomic E-state index is -0.451. The second-order valence-electron chi connectivity index (χ2n) is 6.54. The summed E-state index contributed by atoms with van der Waals surface area (Å²) >= 11 is 6.03. The van der Waals surface area contributed by atoms with Crippen molar-refractivity contribution in [1.82, 2.24) is 9.13 Å². The summed E-state index contributed by atoms with van der Waals surface area (Å²) in [6.07, 6.45) is 0. The van der Waals surface area contributed by atoms with E-state index in [2.05, 4.69) is 0 Å². The molecule has 0 spiro atoms. The average Bonchev–Trinajstić information content (AvgIpc) is 2.69. The van der Waals surface area contributed by atoms with Crippen molar-refractivity contribution in [1.29, 1.82) is 0 Å². The summed E-state index contributed by atoms with van der Waals surface area (Å²) in [6.45, 7) is 0.263. The van der Waals surface area contributed by atoms with Crippen molar-refractivity contribution in [3.8, 4) is 0 Å². The lowest BCUT2D eigenvalue weighted by atomic mass is 10.2. The SMILES string of the molecule is O=c1c2ccccc2n(Cc2cccc(F)c2)c(=O)n1Cc1cccc(Cl)c1. The molecule has 0 bridgehead atoms. The van der Waals surface area contributed by atoms with Crippen molar-refractivity contribution in [3.05, 3.63) is 116 Å². The van der Waals surface area contributed by atoms with Crippen LogP contribution in [0.4, 0.5) is 4.39 Å². The number of para-hydroxylation sites is 1. The van der Waals surface area contributed by atoms with Crippen LogP contribution in [0.2, 0.25) is 5.02 Å². The molecule has 1 aromatic heterocycles. The third kappa shape index (κ3) is 3.49. The molecule has 0 N–H and O–H groups in total. The van der Waals surface area contributed by atoms with Gasteiger partial charge < -0.3 is 0 Å². The van der Waals surface area contributed by atoms with E-state index >= 15 is 0 Å². The van der Waals surface area contributed by atoms with Gasteiger partial charge in [0.05, 0.1) is 24.0 Å². The van der Waals surface area contributed by atoms with Crippen LogP contribution in [0.5, 0.6) is 0 Å².